The molecule has 6 nitrogen and oxygen atoms in total. The van der Waals surface area contributed by atoms with Gasteiger partial charge in [0.1, 0.15) is 5.82 Å². The Bertz CT molecular complexity index is 1380. The van der Waals surface area contributed by atoms with Crippen LogP contribution >= 0.6 is 0 Å². The highest BCUT2D eigenvalue weighted by Crippen LogP contribution is 2.31. The summed E-state index contributed by atoms with van der Waals surface area (Å²) in [6.07, 6.45) is 3.23. The van der Waals surface area contributed by atoms with Gasteiger partial charge >= 0.3 is 0 Å². The Morgan fingerprint density at radius 3 is 1.97 bits per heavy atom. The van der Waals surface area contributed by atoms with Crippen LogP contribution in [0.15, 0.2) is 96.0 Å². The maximum Gasteiger partial charge on any atom is 0.240 e. The number of benzene rings is 3. The van der Waals surface area contributed by atoms with E-state index in [1.165, 1.54) is 0 Å². The molecule has 1 N–H and O–H groups in total. The zero-order valence-electron chi connectivity index (χ0n) is 19.6. The van der Waals surface area contributed by atoms with Gasteiger partial charge in [0.25, 0.3) is 0 Å². The first kappa shape index (κ1) is 23.2. The van der Waals surface area contributed by atoms with Gasteiger partial charge in [-0.1, -0.05) is 78.4 Å². The number of anilines is 1. The smallest absolute Gasteiger partial charge is 0.240 e. The Morgan fingerprint density at radius 1 is 0.800 bits per heavy atom. The Balaban J connectivity index is 1.34. The van der Waals surface area contributed by atoms with Crippen LogP contribution in [0.2, 0.25) is 0 Å². The zero-order chi connectivity index (χ0) is 24.3. The summed E-state index contributed by atoms with van der Waals surface area (Å²) in [7, 11) is -3.53. The second-order valence-corrected chi connectivity index (χ2v) is 10.6. The maximum atomic E-state index is 12.8. The van der Waals surface area contributed by atoms with E-state index in [-0.39, 0.29) is 6.04 Å². The van der Waals surface area contributed by atoms with E-state index in [0.717, 1.165) is 33.9 Å². The monoisotopic (exact) mass is 484 g/mol. The molecule has 1 saturated heterocycles. The lowest BCUT2D eigenvalue weighted by Gasteiger charge is -2.33. The highest BCUT2D eigenvalue weighted by molar-refractivity contribution is 7.89. The predicted octanol–water partition coefficient (Wildman–Crippen LogP) is 5.07. The first-order valence-electron chi connectivity index (χ1n) is 11.8. The topological polar surface area (TPSA) is 75.2 Å². The maximum absolute atomic E-state index is 12.8. The first-order chi connectivity index (χ1) is 17.0. The quantitative estimate of drug-likeness (QED) is 0.414. The molecule has 5 rings (SSSR count). The third-order valence-corrected chi connectivity index (χ3v) is 7.86. The minimum atomic E-state index is -3.53. The van der Waals surface area contributed by atoms with Gasteiger partial charge in [-0.05, 0) is 31.9 Å². The Morgan fingerprint density at radius 2 is 1.37 bits per heavy atom. The van der Waals surface area contributed by atoms with Gasteiger partial charge in [-0.3, -0.25) is 4.98 Å². The molecule has 0 amide bonds. The van der Waals surface area contributed by atoms with Crippen molar-refractivity contribution in [3.63, 3.8) is 0 Å². The van der Waals surface area contributed by atoms with Crippen LogP contribution in [0.5, 0.6) is 0 Å². The van der Waals surface area contributed by atoms with E-state index in [4.69, 9.17) is 9.97 Å². The van der Waals surface area contributed by atoms with Gasteiger partial charge in [-0.15, -0.1) is 0 Å². The van der Waals surface area contributed by atoms with Crippen molar-refractivity contribution in [2.75, 3.05) is 18.0 Å². The Labute approximate surface area is 206 Å². The molecule has 7 heteroatoms. The molecule has 0 aliphatic carbocycles. The van der Waals surface area contributed by atoms with Crippen molar-refractivity contribution < 1.29 is 8.42 Å². The molecule has 1 aromatic heterocycles. The molecular weight excluding hydrogens is 456 g/mol. The van der Waals surface area contributed by atoms with Crippen LogP contribution in [0.1, 0.15) is 18.4 Å². The summed E-state index contributed by atoms with van der Waals surface area (Å²) >= 11 is 0. The minimum Gasteiger partial charge on any atom is -0.355 e. The molecule has 0 radical (unpaired) electrons. The number of rotatable bonds is 6. The molecule has 4 aromatic rings. The molecule has 0 saturated carbocycles. The van der Waals surface area contributed by atoms with Crippen LogP contribution in [0.3, 0.4) is 0 Å². The molecule has 0 bridgehead atoms. The van der Waals surface area contributed by atoms with Crippen LogP contribution < -0.4 is 9.62 Å². The summed E-state index contributed by atoms with van der Waals surface area (Å²) in [5, 5.41) is 0. The van der Waals surface area contributed by atoms with Gasteiger partial charge < -0.3 is 4.90 Å². The molecule has 35 heavy (non-hydrogen) atoms. The predicted molar refractivity (Wildman–Crippen MR) is 140 cm³/mol. The fourth-order valence-corrected chi connectivity index (χ4v) is 5.67. The second-order valence-electron chi connectivity index (χ2n) is 8.85. The molecule has 1 aliphatic rings. The van der Waals surface area contributed by atoms with Gasteiger partial charge in [-0.25, -0.2) is 18.1 Å². The van der Waals surface area contributed by atoms with Crippen molar-refractivity contribution >= 4 is 15.8 Å². The average molecular weight is 485 g/mol. The van der Waals surface area contributed by atoms with E-state index < -0.39 is 10.0 Å². The fourth-order valence-electron chi connectivity index (χ4n) is 4.37. The molecule has 1 aliphatic heterocycles. The lowest BCUT2D eigenvalue weighted by Crippen LogP contribution is -2.44. The number of hydrogen-bond acceptors (Lipinski definition) is 5. The highest BCUT2D eigenvalue weighted by Gasteiger charge is 2.26. The van der Waals surface area contributed by atoms with Crippen LogP contribution in [-0.2, 0) is 10.0 Å². The summed E-state index contributed by atoms with van der Waals surface area (Å²) in [5.41, 5.74) is 4.76. The van der Waals surface area contributed by atoms with Crippen LogP contribution in [0.25, 0.3) is 22.5 Å². The van der Waals surface area contributed by atoms with Gasteiger partial charge in [0, 0.05) is 30.3 Å². The third-order valence-electron chi connectivity index (χ3n) is 6.33. The molecular formula is C28H28N4O2S. The Hall–Kier alpha value is -3.55. The SMILES string of the molecule is Cc1ccc(S(=O)(=O)NC2CCN(c3cnc(-c4ccccc4)c(-c4ccccc4)n3)CC2)cc1. The van der Waals surface area contributed by atoms with Gasteiger partial charge in [-0.2, -0.15) is 0 Å². The molecule has 0 spiro atoms. The zero-order valence-corrected chi connectivity index (χ0v) is 20.4. The number of aryl methyl sites for hydroxylation is 1. The first-order valence-corrected chi connectivity index (χ1v) is 13.3. The van der Waals surface area contributed by atoms with Crippen LogP contribution in [0, 0.1) is 6.92 Å². The summed E-state index contributed by atoms with van der Waals surface area (Å²) in [4.78, 5) is 12.3. The van der Waals surface area contributed by atoms with Crippen LogP contribution in [-0.4, -0.2) is 37.5 Å². The van der Waals surface area contributed by atoms with Crippen molar-refractivity contribution in [2.24, 2.45) is 0 Å². The van der Waals surface area contributed by atoms with E-state index >= 15 is 0 Å². The molecule has 3 aromatic carbocycles. The fraction of sp³-hybridized carbons (Fsp3) is 0.214. The number of hydrogen-bond donors (Lipinski definition) is 1. The largest absolute Gasteiger partial charge is 0.355 e. The number of piperidine rings is 1. The third kappa shape index (κ3) is 5.26. The molecule has 1 fully saturated rings. The molecule has 0 atom stereocenters. The summed E-state index contributed by atoms with van der Waals surface area (Å²) < 4.78 is 28.5. The van der Waals surface area contributed by atoms with Crippen molar-refractivity contribution in [1.29, 1.82) is 0 Å². The average Bonchev–Trinajstić information content (AvgIpc) is 2.90. The van der Waals surface area contributed by atoms with Crippen LogP contribution in [0.4, 0.5) is 5.82 Å². The standard InChI is InChI=1S/C28H28N4O2S/c1-21-12-14-25(15-13-21)35(33,34)31-24-16-18-32(19-17-24)26-20-29-27(22-8-4-2-5-9-22)28(30-26)23-10-6-3-7-11-23/h2-15,20,24,31H,16-19H2,1H3. The molecule has 178 valence electrons. The van der Waals surface area contributed by atoms with E-state index in [9.17, 15) is 8.42 Å². The molecule has 0 unspecified atom stereocenters. The van der Waals surface area contributed by atoms with E-state index in [0.29, 0.717) is 30.8 Å². The van der Waals surface area contributed by atoms with Crippen molar-refractivity contribution in [1.82, 2.24) is 14.7 Å². The summed E-state index contributed by atoms with van der Waals surface area (Å²) in [5.74, 6) is 0.809. The van der Waals surface area contributed by atoms with Gasteiger partial charge in [0.15, 0.2) is 0 Å². The van der Waals surface area contributed by atoms with Gasteiger partial charge in [0.05, 0.1) is 22.5 Å². The van der Waals surface area contributed by atoms with E-state index in [1.54, 1.807) is 12.1 Å². The lowest BCUT2D eigenvalue weighted by molar-refractivity contribution is 0.458. The van der Waals surface area contributed by atoms with Crippen molar-refractivity contribution in [2.45, 2.75) is 30.7 Å². The summed E-state index contributed by atoms with van der Waals surface area (Å²) in [6.45, 7) is 3.35. The number of nitrogens with one attached hydrogen (secondary N) is 1. The highest BCUT2D eigenvalue weighted by atomic mass is 32.2. The van der Waals surface area contributed by atoms with E-state index in [1.807, 2.05) is 85.9 Å². The second kappa shape index (κ2) is 9.98. The van der Waals surface area contributed by atoms with Crippen molar-refractivity contribution in [3.05, 3.63) is 96.7 Å². The minimum absolute atomic E-state index is 0.109. The summed E-state index contributed by atoms with van der Waals surface area (Å²) in [6, 6.07) is 27.0. The van der Waals surface area contributed by atoms with E-state index in [2.05, 4.69) is 9.62 Å². The molecule has 2 heterocycles. The Kier molecular flexibility index (Phi) is 6.61. The van der Waals surface area contributed by atoms with Crippen molar-refractivity contribution in [3.8, 4) is 22.5 Å². The lowest BCUT2D eigenvalue weighted by atomic mass is 10.0. The number of nitrogens with zero attached hydrogens (tertiary/aromatic N) is 3. The number of sulfonamides is 1. The van der Waals surface area contributed by atoms with Gasteiger partial charge in [0.2, 0.25) is 10.0 Å². The normalized spacial score (nSPS) is 14.7. The number of aromatic nitrogens is 2.